The van der Waals surface area contributed by atoms with Gasteiger partial charge in [-0.3, -0.25) is 4.79 Å². The number of hydrogen-bond donors (Lipinski definition) is 1. The Morgan fingerprint density at radius 1 is 1.54 bits per heavy atom. The number of hydrogen-bond acceptors (Lipinski definition) is 4. The van der Waals surface area contributed by atoms with E-state index in [9.17, 15) is 10.1 Å². The largest absolute Gasteiger partial charge is 0.493 e. The Labute approximate surface area is 150 Å². The molecule has 0 radical (unpaired) electrons. The summed E-state index contributed by atoms with van der Waals surface area (Å²) in [7, 11) is 1.50. The molecular weight excluding hydrogens is 372 g/mol. The van der Waals surface area contributed by atoms with Gasteiger partial charge in [0.05, 0.1) is 7.11 Å². The molecule has 0 aliphatic heterocycles. The molecule has 1 aromatic rings. The summed E-state index contributed by atoms with van der Waals surface area (Å²) in [5.74, 6) is 2.77. The van der Waals surface area contributed by atoms with E-state index in [4.69, 9.17) is 15.9 Å². The lowest BCUT2D eigenvalue weighted by Crippen LogP contribution is -2.32. The minimum atomic E-state index is -0.436. The topological polar surface area (TPSA) is 71.3 Å². The molecule has 0 aromatic heterocycles. The van der Waals surface area contributed by atoms with Crippen molar-refractivity contribution in [1.82, 2.24) is 5.32 Å². The average Bonchev–Trinajstić information content (AvgIpc) is 2.57. The second-order valence-corrected chi connectivity index (χ2v) is 5.89. The SMILES string of the molecule is C#CCOc1c(/C=C(\C#N)C(=O)N[C@@H](C)CC)cc(Br)cc1OC. The first-order chi connectivity index (χ1) is 11.5. The maximum absolute atomic E-state index is 12.2. The number of halogens is 1. The highest BCUT2D eigenvalue weighted by Gasteiger charge is 2.16. The summed E-state index contributed by atoms with van der Waals surface area (Å²) in [4.78, 5) is 12.2. The van der Waals surface area contributed by atoms with Crippen molar-refractivity contribution in [2.45, 2.75) is 26.3 Å². The predicted octanol–water partition coefficient (Wildman–Crippen LogP) is 3.29. The zero-order valence-electron chi connectivity index (χ0n) is 13.9. The van der Waals surface area contributed by atoms with Crippen LogP contribution in [0.25, 0.3) is 6.08 Å². The Hall–Kier alpha value is -2.44. The number of nitrogens with zero attached hydrogens (tertiary/aromatic N) is 1. The van der Waals surface area contributed by atoms with E-state index >= 15 is 0 Å². The van der Waals surface area contributed by atoms with Crippen LogP contribution in [-0.4, -0.2) is 25.7 Å². The number of ether oxygens (including phenoxy) is 2. The summed E-state index contributed by atoms with van der Waals surface area (Å²) < 4.78 is 11.5. The van der Waals surface area contributed by atoms with Gasteiger partial charge in [0.2, 0.25) is 0 Å². The van der Waals surface area contributed by atoms with E-state index in [1.807, 2.05) is 19.9 Å². The van der Waals surface area contributed by atoms with Crippen molar-refractivity contribution in [2.24, 2.45) is 0 Å². The number of rotatable bonds is 7. The summed E-state index contributed by atoms with van der Waals surface area (Å²) >= 11 is 3.37. The van der Waals surface area contributed by atoms with Crippen LogP contribution in [0.2, 0.25) is 0 Å². The molecule has 0 spiro atoms. The number of carbonyl (C=O) groups is 1. The molecule has 0 fully saturated rings. The summed E-state index contributed by atoms with van der Waals surface area (Å²) in [6.07, 6.45) is 7.46. The summed E-state index contributed by atoms with van der Waals surface area (Å²) in [6.45, 7) is 3.86. The van der Waals surface area contributed by atoms with Gasteiger partial charge in [0, 0.05) is 16.1 Å². The molecule has 126 valence electrons. The van der Waals surface area contributed by atoms with Gasteiger partial charge in [0.25, 0.3) is 5.91 Å². The fourth-order valence-corrected chi connectivity index (χ4v) is 2.28. The third-order valence-corrected chi connectivity index (χ3v) is 3.68. The average molecular weight is 391 g/mol. The quantitative estimate of drug-likeness (QED) is 0.440. The first kappa shape index (κ1) is 19.6. The Morgan fingerprint density at radius 3 is 2.79 bits per heavy atom. The Bertz CT molecular complexity index is 714. The highest BCUT2D eigenvalue weighted by Crippen LogP contribution is 2.36. The van der Waals surface area contributed by atoms with Crippen molar-refractivity contribution in [1.29, 1.82) is 5.26 Å². The van der Waals surface area contributed by atoms with Crippen LogP contribution in [0, 0.1) is 23.7 Å². The summed E-state index contributed by atoms with van der Waals surface area (Å²) in [5.41, 5.74) is 0.494. The van der Waals surface area contributed by atoms with E-state index < -0.39 is 5.91 Å². The molecule has 6 heteroatoms. The van der Waals surface area contributed by atoms with Crippen LogP contribution in [-0.2, 0) is 4.79 Å². The number of terminal acetylenes is 1. The number of carbonyl (C=O) groups excluding carboxylic acids is 1. The zero-order chi connectivity index (χ0) is 18.1. The number of amides is 1. The van der Waals surface area contributed by atoms with E-state index in [0.717, 1.165) is 10.9 Å². The molecule has 0 bridgehead atoms. The van der Waals surface area contributed by atoms with Crippen molar-refractivity contribution >= 4 is 27.9 Å². The van der Waals surface area contributed by atoms with Gasteiger partial charge in [0.1, 0.15) is 18.2 Å². The van der Waals surface area contributed by atoms with Crippen LogP contribution in [0.1, 0.15) is 25.8 Å². The van der Waals surface area contributed by atoms with E-state index in [1.165, 1.54) is 13.2 Å². The zero-order valence-corrected chi connectivity index (χ0v) is 15.4. The standard InChI is InChI=1S/C18H19BrN2O3/c1-5-7-24-17-13(9-15(19)10-16(17)23-4)8-14(11-20)18(22)21-12(3)6-2/h1,8-10,12H,6-7H2,2-4H3,(H,21,22)/b14-8+/t12-/m0/s1. The third-order valence-electron chi connectivity index (χ3n) is 3.22. The van der Waals surface area contributed by atoms with Crippen LogP contribution < -0.4 is 14.8 Å². The molecule has 0 heterocycles. The number of methoxy groups -OCH3 is 1. The molecule has 24 heavy (non-hydrogen) atoms. The molecular formula is C18H19BrN2O3. The highest BCUT2D eigenvalue weighted by atomic mass is 79.9. The first-order valence-corrected chi connectivity index (χ1v) is 8.12. The van der Waals surface area contributed by atoms with Gasteiger partial charge >= 0.3 is 0 Å². The summed E-state index contributed by atoms with van der Waals surface area (Å²) in [5, 5.41) is 12.1. The monoisotopic (exact) mass is 390 g/mol. The van der Waals surface area contributed by atoms with Crippen molar-refractivity contribution in [3.05, 3.63) is 27.7 Å². The molecule has 1 atom stereocenters. The van der Waals surface area contributed by atoms with Crippen molar-refractivity contribution in [2.75, 3.05) is 13.7 Å². The first-order valence-electron chi connectivity index (χ1n) is 7.33. The molecule has 0 aliphatic rings. The Morgan fingerprint density at radius 2 is 2.25 bits per heavy atom. The molecule has 1 amide bonds. The fraction of sp³-hybridized carbons (Fsp3) is 0.333. The third kappa shape index (κ3) is 5.33. The second-order valence-electron chi connectivity index (χ2n) is 4.97. The lowest BCUT2D eigenvalue weighted by Gasteiger charge is -2.14. The number of nitriles is 1. The second kappa shape index (κ2) is 9.64. The smallest absolute Gasteiger partial charge is 0.262 e. The van der Waals surface area contributed by atoms with Crippen molar-refractivity contribution < 1.29 is 14.3 Å². The molecule has 0 saturated carbocycles. The minimum Gasteiger partial charge on any atom is -0.493 e. The van der Waals surface area contributed by atoms with E-state index in [-0.39, 0.29) is 18.2 Å². The van der Waals surface area contributed by atoms with Gasteiger partial charge < -0.3 is 14.8 Å². The van der Waals surface area contributed by atoms with E-state index in [2.05, 4.69) is 27.2 Å². The number of nitrogens with one attached hydrogen (secondary N) is 1. The fourth-order valence-electron chi connectivity index (χ4n) is 1.82. The highest BCUT2D eigenvalue weighted by molar-refractivity contribution is 9.10. The van der Waals surface area contributed by atoms with E-state index in [0.29, 0.717) is 17.1 Å². The molecule has 1 rings (SSSR count). The molecule has 0 saturated heterocycles. The Kier molecular flexibility index (Phi) is 7.88. The molecule has 0 aliphatic carbocycles. The van der Waals surface area contributed by atoms with Crippen LogP contribution in [0.3, 0.4) is 0 Å². The molecule has 5 nitrogen and oxygen atoms in total. The lowest BCUT2D eigenvalue weighted by atomic mass is 10.1. The number of benzene rings is 1. The minimum absolute atomic E-state index is 0.0246. The normalized spacial score (nSPS) is 11.8. The summed E-state index contributed by atoms with van der Waals surface area (Å²) in [6, 6.07) is 5.33. The van der Waals surface area contributed by atoms with Crippen LogP contribution in [0.4, 0.5) is 0 Å². The Balaban J connectivity index is 3.32. The predicted molar refractivity (Wildman–Crippen MR) is 96.5 cm³/mol. The van der Waals surface area contributed by atoms with Crippen molar-refractivity contribution in [3.8, 4) is 29.9 Å². The van der Waals surface area contributed by atoms with E-state index in [1.54, 1.807) is 12.1 Å². The van der Waals surface area contributed by atoms with Gasteiger partial charge in [0.15, 0.2) is 11.5 Å². The maximum Gasteiger partial charge on any atom is 0.262 e. The van der Waals surface area contributed by atoms with Crippen LogP contribution in [0.5, 0.6) is 11.5 Å². The van der Waals surface area contributed by atoms with Gasteiger partial charge in [-0.15, -0.1) is 6.42 Å². The molecule has 1 N–H and O–H groups in total. The van der Waals surface area contributed by atoms with Crippen LogP contribution in [0.15, 0.2) is 22.2 Å². The van der Waals surface area contributed by atoms with Gasteiger partial charge in [-0.05, 0) is 31.6 Å². The maximum atomic E-state index is 12.2. The van der Waals surface area contributed by atoms with Gasteiger partial charge in [-0.25, -0.2) is 0 Å². The van der Waals surface area contributed by atoms with Crippen LogP contribution >= 0.6 is 15.9 Å². The lowest BCUT2D eigenvalue weighted by molar-refractivity contribution is -0.117. The van der Waals surface area contributed by atoms with Gasteiger partial charge in [-0.2, -0.15) is 5.26 Å². The molecule has 1 aromatic carbocycles. The molecule has 0 unspecified atom stereocenters. The van der Waals surface area contributed by atoms with Crippen molar-refractivity contribution in [3.63, 3.8) is 0 Å². The van der Waals surface area contributed by atoms with Gasteiger partial charge in [-0.1, -0.05) is 28.8 Å².